The summed E-state index contributed by atoms with van der Waals surface area (Å²) >= 11 is 6.06. The fourth-order valence-electron chi connectivity index (χ4n) is 5.85. The Kier molecular flexibility index (Phi) is 4.27. The molecule has 4 nitrogen and oxygen atoms in total. The zero-order valence-electron chi connectivity index (χ0n) is 14.2. The lowest BCUT2D eigenvalue weighted by Crippen LogP contribution is -2.54. The highest BCUT2D eigenvalue weighted by Gasteiger charge is 2.54. The van der Waals surface area contributed by atoms with Crippen LogP contribution < -0.4 is 5.32 Å². The molecular formula is C20H24ClNO3. The molecule has 0 aliphatic heterocycles. The second kappa shape index (κ2) is 6.31. The average Bonchev–Trinajstić information content (AvgIpc) is 2.52. The molecule has 4 fully saturated rings. The molecule has 4 bridgehead atoms. The molecule has 0 spiro atoms. The maximum Gasteiger partial charge on any atom is 0.305 e. The molecule has 0 unspecified atom stereocenters. The normalized spacial score (nSPS) is 33.9. The van der Waals surface area contributed by atoms with Crippen molar-refractivity contribution >= 4 is 23.5 Å². The van der Waals surface area contributed by atoms with Gasteiger partial charge in [-0.1, -0.05) is 23.7 Å². The molecule has 134 valence electrons. The molecule has 0 radical (unpaired) electrons. The number of nitrogens with one attached hydrogen (secondary N) is 1. The fourth-order valence-corrected chi connectivity index (χ4v) is 6.05. The standard InChI is InChI=1S/C20H24ClNO3/c21-16-3-1-2-15(7-16)17(8-18(23)24)22-19(25)20-9-12-4-13(10-20)6-14(5-12)11-20/h1-3,7,12-14,17H,4-6,8-11H2,(H,22,25)(H,23,24)/t12?,13?,14?,17-,20?/m1/s1. The smallest absolute Gasteiger partial charge is 0.305 e. The molecule has 5 heteroatoms. The van der Waals surface area contributed by atoms with E-state index in [1.165, 1.54) is 19.3 Å². The zero-order valence-corrected chi connectivity index (χ0v) is 15.0. The van der Waals surface area contributed by atoms with Crippen LogP contribution in [0.2, 0.25) is 5.02 Å². The number of hydrogen-bond acceptors (Lipinski definition) is 2. The first-order valence-electron chi connectivity index (χ1n) is 9.22. The number of carboxylic acids is 1. The van der Waals surface area contributed by atoms with Crippen LogP contribution in [0, 0.1) is 23.2 Å². The van der Waals surface area contributed by atoms with Crippen molar-refractivity contribution in [1.82, 2.24) is 5.32 Å². The minimum Gasteiger partial charge on any atom is -0.481 e. The van der Waals surface area contributed by atoms with Crippen molar-refractivity contribution in [3.63, 3.8) is 0 Å². The lowest BCUT2D eigenvalue weighted by Gasteiger charge is -2.55. The molecule has 25 heavy (non-hydrogen) atoms. The molecule has 0 saturated heterocycles. The minimum absolute atomic E-state index is 0.0535. The molecule has 4 aliphatic carbocycles. The highest BCUT2D eigenvalue weighted by atomic mass is 35.5. The van der Waals surface area contributed by atoms with Gasteiger partial charge in [0.15, 0.2) is 0 Å². The van der Waals surface area contributed by atoms with Crippen LogP contribution in [0.4, 0.5) is 0 Å². The SMILES string of the molecule is O=C(O)C[C@@H](NC(=O)C12CC3CC(CC(C3)C1)C2)c1cccc(Cl)c1. The molecule has 0 heterocycles. The Balaban J connectivity index is 1.55. The van der Waals surface area contributed by atoms with E-state index in [2.05, 4.69) is 5.32 Å². The molecule has 1 atom stereocenters. The molecule has 1 aromatic carbocycles. The van der Waals surface area contributed by atoms with Crippen molar-refractivity contribution in [3.05, 3.63) is 34.9 Å². The van der Waals surface area contributed by atoms with Crippen LogP contribution in [0.15, 0.2) is 24.3 Å². The number of carbonyl (C=O) groups is 2. The van der Waals surface area contributed by atoms with Gasteiger partial charge in [0, 0.05) is 10.4 Å². The van der Waals surface area contributed by atoms with E-state index in [9.17, 15) is 14.7 Å². The van der Waals surface area contributed by atoms with Gasteiger partial charge in [-0.2, -0.15) is 0 Å². The van der Waals surface area contributed by atoms with E-state index in [0.717, 1.165) is 24.8 Å². The summed E-state index contributed by atoms with van der Waals surface area (Å²) < 4.78 is 0. The Labute approximate surface area is 152 Å². The second-order valence-corrected chi connectivity index (χ2v) is 8.81. The number of benzene rings is 1. The lowest BCUT2D eigenvalue weighted by atomic mass is 9.49. The summed E-state index contributed by atoms with van der Waals surface area (Å²) in [5.41, 5.74) is 0.484. The molecule has 2 N–H and O–H groups in total. The fraction of sp³-hybridized carbons (Fsp3) is 0.600. The molecule has 5 rings (SSSR count). The van der Waals surface area contributed by atoms with Gasteiger partial charge in [0.25, 0.3) is 0 Å². The van der Waals surface area contributed by atoms with E-state index in [0.29, 0.717) is 22.8 Å². The van der Waals surface area contributed by atoms with Gasteiger partial charge in [-0.25, -0.2) is 0 Å². The first kappa shape index (κ1) is 16.9. The third-order valence-electron chi connectivity index (χ3n) is 6.46. The molecule has 1 aromatic rings. The van der Waals surface area contributed by atoms with Crippen LogP contribution in [-0.2, 0) is 9.59 Å². The summed E-state index contributed by atoms with van der Waals surface area (Å²) in [6, 6.07) is 6.60. The van der Waals surface area contributed by atoms with Crippen LogP contribution in [0.3, 0.4) is 0 Å². The first-order valence-corrected chi connectivity index (χ1v) is 9.59. The second-order valence-electron chi connectivity index (χ2n) is 8.38. The summed E-state index contributed by atoms with van der Waals surface area (Å²) in [5.74, 6) is 1.18. The quantitative estimate of drug-likeness (QED) is 0.826. The van der Waals surface area contributed by atoms with Crippen molar-refractivity contribution in [1.29, 1.82) is 0 Å². The number of rotatable bonds is 5. The number of aliphatic carboxylic acids is 1. The molecule has 0 aromatic heterocycles. The number of carboxylic acid groups (broad SMARTS) is 1. The summed E-state index contributed by atoms with van der Waals surface area (Å²) in [6.07, 6.45) is 6.62. The summed E-state index contributed by atoms with van der Waals surface area (Å²) in [6.45, 7) is 0. The zero-order chi connectivity index (χ0) is 17.6. The van der Waals surface area contributed by atoms with E-state index in [4.69, 9.17) is 11.6 Å². The van der Waals surface area contributed by atoms with Crippen LogP contribution >= 0.6 is 11.6 Å². The lowest BCUT2D eigenvalue weighted by molar-refractivity contribution is -0.147. The number of amides is 1. The predicted octanol–water partition coefficient (Wildman–Crippen LogP) is 4.19. The van der Waals surface area contributed by atoms with Crippen LogP contribution in [0.25, 0.3) is 0 Å². The Bertz CT molecular complexity index is 667. The van der Waals surface area contributed by atoms with E-state index in [1.54, 1.807) is 18.2 Å². The van der Waals surface area contributed by atoms with Gasteiger partial charge in [0.1, 0.15) is 0 Å². The van der Waals surface area contributed by atoms with Crippen molar-refractivity contribution in [2.75, 3.05) is 0 Å². The Morgan fingerprint density at radius 3 is 2.28 bits per heavy atom. The highest BCUT2D eigenvalue weighted by Crippen LogP contribution is 2.60. The van der Waals surface area contributed by atoms with Gasteiger partial charge in [0.05, 0.1) is 12.5 Å². The van der Waals surface area contributed by atoms with Crippen molar-refractivity contribution in [3.8, 4) is 0 Å². The number of carbonyl (C=O) groups excluding carboxylic acids is 1. The number of hydrogen-bond donors (Lipinski definition) is 2. The highest BCUT2D eigenvalue weighted by molar-refractivity contribution is 6.30. The molecule has 4 aliphatic rings. The third kappa shape index (κ3) is 3.29. The Morgan fingerprint density at radius 2 is 1.76 bits per heavy atom. The first-order chi connectivity index (χ1) is 11.9. The predicted molar refractivity (Wildman–Crippen MR) is 95.2 cm³/mol. The Morgan fingerprint density at radius 1 is 1.16 bits per heavy atom. The largest absolute Gasteiger partial charge is 0.481 e. The van der Waals surface area contributed by atoms with Crippen LogP contribution in [-0.4, -0.2) is 17.0 Å². The van der Waals surface area contributed by atoms with Gasteiger partial charge >= 0.3 is 5.97 Å². The maximum atomic E-state index is 13.2. The van der Waals surface area contributed by atoms with Gasteiger partial charge < -0.3 is 10.4 Å². The van der Waals surface area contributed by atoms with Crippen LogP contribution in [0.5, 0.6) is 0 Å². The van der Waals surface area contributed by atoms with Crippen LogP contribution in [0.1, 0.15) is 56.6 Å². The third-order valence-corrected chi connectivity index (χ3v) is 6.69. The van der Waals surface area contributed by atoms with Crippen molar-refractivity contribution < 1.29 is 14.7 Å². The van der Waals surface area contributed by atoms with Crippen molar-refractivity contribution in [2.24, 2.45) is 23.2 Å². The molecular weight excluding hydrogens is 338 g/mol. The van der Waals surface area contributed by atoms with E-state index in [1.807, 2.05) is 6.07 Å². The maximum absolute atomic E-state index is 13.2. The van der Waals surface area contributed by atoms with Gasteiger partial charge in [0.2, 0.25) is 5.91 Å². The van der Waals surface area contributed by atoms with Gasteiger partial charge in [-0.15, -0.1) is 0 Å². The average molecular weight is 362 g/mol. The van der Waals surface area contributed by atoms with E-state index < -0.39 is 12.0 Å². The Hall–Kier alpha value is -1.55. The number of halogens is 1. The molecule has 4 saturated carbocycles. The van der Waals surface area contributed by atoms with Crippen molar-refractivity contribution in [2.45, 2.75) is 51.0 Å². The van der Waals surface area contributed by atoms with Gasteiger partial charge in [-0.05, 0) is 74.0 Å². The van der Waals surface area contributed by atoms with E-state index in [-0.39, 0.29) is 17.7 Å². The van der Waals surface area contributed by atoms with E-state index >= 15 is 0 Å². The topological polar surface area (TPSA) is 66.4 Å². The minimum atomic E-state index is -0.921. The summed E-state index contributed by atoms with van der Waals surface area (Å²) in [5, 5.41) is 12.9. The summed E-state index contributed by atoms with van der Waals surface area (Å²) in [7, 11) is 0. The molecule has 1 amide bonds. The monoisotopic (exact) mass is 361 g/mol. The van der Waals surface area contributed by atoms with Gasteiger partial charge in [-0.3, -0.25) is 9.59 Å². The summed E-state index contributed by atoms with van der Waals surface area (Å²) in [4.78, 5) is 24.5.